The van der Waals surface area contributed by atoms with Gasteiger partial charge in [0, 0.05) is 21.3 Å². The van der Waals surface area contributed by atoms with Crippen LogP contribution in [0.3, 0.4) is 0 Å². The number of nitrogens with zero attached hydrogens (tertiary/aromatic N) is 1. The molecule has 0 bridgehead atoms. The van der Waals surface area contributed by atoms with Crippen molar-refractivity contribution in [3.8, 4) is 0 Å². The number of para-hydroxylation sites is 1. The molecule has 0 radical (unpaired) electrons. The lowest BCUT2D eigenvalue weighted by Gasteiger charge is -2.41. The van der Waals surface area contributed by atoms with Crippen molar-refractivity contribution < 1.29 is 14.2 Å². The molecule has 4 nitrogen and oxygen atoms in total. The average Bonchev–Trinajstić information content (AvgIpc) is 2.89. The summed E-state index contributed by atoms with van der Waals surface area (Å²) in [5, 5.41) is 0.259. The lowest BCUT2D eigenvalue weighted by molar-refractivity contribution is -0.274. The third-order valence-corrected chi connectivity index (χ3v) is 7.15. The molecule has 0 amide bonds. The second-order valence-electron chi connectivity index (χ2n) is 4.58. The van der Waals surface area contributed by atoms with Crippen LogP contribution in [-0.4, -0.2) is 42.3 Å². The number of hydrogen-bond acceptors (Lipinski definition) is 5. The van der Waals surface area contributed by atoms with Crippen LogP contribution >= 0.6 is 11.3 Å². The van der Waals surface area contributed by atoms with Gasteiger partial charge in [-0.3, -0.25) is 0 Å². The van der Waals surface area contributed by atoms with E-state index in [2.05, 4.69) is 11.1 Å². The van der Waals surface area contributed by atoms with Crippen LogP contribution in [0.5, 0.6) is 0 Å². The molecule has 2 aromatic rings. The molecule has 6 heteroatoms. The molecule has 1 atom stereocenters. The van der Waals surface area contributed by atoms with E-state index in [-0.39, 0.29) is 0 Å². The molecule has 0 aliphatic carbocycles. The zero-order valence-electron chi connectivity index (χ0n) is 11.9. The maximum Gasteiger partial charge on any atom is 0.196 e. The van der Waals surface area contributed by atoms with E-state index in [1.165, 1.54) is 0 Å². The number of hydrogen-bond donors (Lipinski definition) is 0. The van der Waals surface area contributed by atoms with E-state index < -0.39 is 11.0 Å². The Morgan fingerprint density at radius 1 is 1.11 bits per heavy atom. The maximum atomic E-state index is 5.76. The monoisotopic (exact) mass is 297 g/mol. The standard InChI is InChI=1S/C13H19NO3SSi/c1-12(15-2,16-3)13(19,17-4)11-14-9-7-5-6-8-10(9)18-11/h5-8H,1-4,19H3. The van der Waals surface area contributed by atoms with Gasteiger partial charge in [0.25, 0.3) is 0 Å². The van der Waals surface area contributed by atoms with Crippen LogP contribution in [0.1, 0.15) is 11.9 Å². The first-order chi connectivity index (χ1) is 9.00. The van der Waals surface area contributed by atoms with E-state index in [0.29, 0.717) is 10.2 Å². The Labute approximate surface area is 120 Å². The molecule has 0 spiro atoms. The largest absolute Gasteiger partial charge is 0.370 e. The fourth-order valence-electron chi connectivity index (χ4n) is 2.02. The number of fused-ring (bicyclic) bond motifs is 1. The summed E-state index contributed by atoms with van der Waals surface area (Å²) in [6.07, 6.45) is 0. The normalized spacial score (nSPS) is 15.8. The molecule has 19 heavy (non-hydrogen) atoms. The Hall–Kier alpha value is -0.793. The van der Waals surface area contributed by atoms with Gasteiger partial charge in [-0.2, -0.15) is 0 Å². The fraction of sp³-hybridized carbons (Fsp3) is 0.462. The third kappa shape index (κ3) is 2.23. The summed E-state index contributed by atoms with van der Waals surface area (Å²) in [5.74, 6) is -0.845. The molecule has 1 aromatic carbocycles. The highest BCUT2D eigenvalue weighted by atomic mass is 32.1. The Kier molecular flexibility index (Phi) is 4.07. The van der Waals surface area contributed by atoms with Gasteiger partial charge < -0.3 is 14.2 Å². The second kappa shape index (κ2) is 5.30. The van der Waals surface area contributed by atoms with Crippen molar-refractivity contribution in [1.82, 2.24) is 4.98 Å². The van der Waals surface area contributed by atoms with Crippen LogP contribution in [0.2, 0.25) is 0 Å². The lowest BCUT2D eigenvalue weighted by atomic mass is 10.1. The molecular weight excluding hydrogens is 278 g/mol. The minimum atomic E-state index is -0.845. The van der Waals surface area contributed by atoms with Crippen molar-refractivity contribution in [2.75, 3.05) is 21.3 Å². The molecule has 104 valence electrons. The van der Waals surface area contributed by atoms with E-state index in [1.807, 2.05) is 25.1 Å². The zero-order chi connectivity index (χ0) is 14.1. The summed E-state index contributed by atoms with van der Waals surface area (Å²) < 4.78 is 18.0. The van der Waals surface area contributed by atoms with E-state index in [4.69, 9.17) is 14.2 Å². The molecule has 1 heterocycles. The van der Waals surface area contributed by atoms with E-state index in [0.717, 1.165) is 15.2 Å². The molecule has 0 saturated carbocycles. The summed E-state index contributed by atoms with van der Waals surface area (Å²) >= 11 is 1.63. The Balaban J connectivity index is 2.57. The average molecular weight is 297 g/mol. The van der Waals surface area contributed by atoms with Crippen molar-refractivity contribution in [2.24, 2.45) is 0 Å². The van der Waals surface area contributed by atoms with Crippen molar-refractivity contribution in [2.45, 2.75) is 17.9 Å². The summed E-state index contributed by atoms with van der Waals surface area (Å²) in [6, 6.07) is 8.06. The number of ether oxygens (including phenoxy) is 3. The van der Waals surface area contributed by atoms with Crippen molar-refractivity contribution >= 4 is 31.8 Å². The minimum Gasteiger partial charge on any atom is -0.370 e. The third-order valence-electron chi connectivity index (χ3n) is 3.76. The molecule has 1 unspecified atom stereocenters. The number of thiazole rings is 1. The number of rotatable bonds is 5. The minimum absolute atomic E-state index is 0.639. The van der Waals surface area contributed by atoms with E-state index >= 15 is 0 Å². The van der Waals surface area contributed by atoms with E-state index in [9.17, 15) is 0 Å². The molecule has 1 aromatic heterocycles. The Bertz CT molecular complexity index is 537. The molecule has 0 N–H and O–H groups in total. The quantitative estimate of drug-likeness (QED) is 0.619. The summed E-state index contributed by atoms with van der Waals surface area (Å²) in [7, 11) is 5.63. The van der Waals surface area contributed by atoms with Gasteiger partial charge in [-0.15, -0.1) is 11.3 Å². The van der Waals surface area contributed by atoms with Crippen LogP contribution in [0.25, 0.3) is 10.2 Å². The first kappa shape index (κ1) is 14.6. The van der Waals surface area contributed by atoms with Gasteiger partial charge in [0.1, 0.15) is 10.2 Å². The summed E-state index contributed by atoms with van der Waals surface area (Å²) in [6.45, 7) is 1.88. The van der Waals surface area contributed by atoms with Gasteiger partial charge in [-0.05, 0) is 19.1 Å². The second-order valence-corrected chi connectivity index (χ2v) is 7.02. The predicted molar refractivity (Wildman–Crippen MR) is 80.7 cm³/mol. The van der Waals surface area contributed by atoms with Crippen LogP contribution < -0.4 is 0 Å². The smallest absolute Gasteiger partial charge is 0.196 e. The number of methoxy groups -OCH3 is 3. The highest BCUT2D eigenvalue weighted by Crippen LogP contribution is 2.39. The zero-order valence-corrected chi connectivity index (χ0v) is 14.7. The van der Waals surface area contributed by atoms with Crippen molar-refractivity contribution in [1.29, 1.82) is 0 Å². The van der Waals surface area contributed by atoms with Crippen molar-refractivity contribution in [3.63, 3.8) is 0 Å². The fourth-order valence-corrected chi connectivity index (χ4v) is 4.02. The molecule has 2 rings (SSSR count). The SMILES string of the molecule is COC(C)(OC)C([SiH3])(OC)c1nc2ccccc2s1. The van der Waals surface area contributed by atoms with Gasteiger partial charge in [0.05, 0.1) is 20.5 Å². The topological polar surface area (TPSA) is 40.6 Å². The summed E-state index contributed by atoms with van der Waals surface area (Å²) in [5.41, 5.74) is 0.981. The van der Waals surface area contributed by atoms with E-state index in [1.54, 1.807) is 32.7 Å². The van der Waals surface area contributed by atoms with Crippen LogP contribution in [0.15, 0.2) is 24.3 Å². The number of benzene rings is 1. The van der Waals surface area contributed by atoms with Crippen LogP contribution in [0, 0.1) is 0 Å². The number of aromatic nitrogens is 1. The van der Waals surface area contributed by atoms with Gasteiger partial charge in [-0.1, -0.05) is 12.1 Å². The molecule has 0 saturated heterocycles. The van der Waals surface area contributed by atoms with Gasteiger partial charge in [0.2, 0.25) is 0 Å². The van der Waals surface area contributed by atoms with Gasteiger partial charge in [-0.25, -0.2) is 4.98 Å². The lowest BCUT2D eigenvalue weighted by Crippen LogP contribution is -2.54. The van der Waals surface area contributed by atoms with Crippen molar-refractivity contribution in [3.05, 3.63) is 29.3 Å². The van der Waals surface area contributed by atoms with Crippen LogP contribution in [0.4, 0.5) is 0 Å². The molecule has 0 aliphatic rings. The van der Waals surface area contributed by atoms with Gasteiger partial charge in [0.15, 0.2) is 5.79 Å². The molecule has 0 fully saturated rings. The first-order valence-electron chi connectivity index (χ1n) is 6.02. The van der Waals surface area contributed by atoms with Gasteiger partial charge >= 0.3 is 0 Å². The first-order valence-corrected chi connectivity index (χ1v) is 7.84. The highest BCUT2D eigenvalue weighted by molar-refractivity contribution is 7.18. The maximum absolute atomic E-state index is 5.76. The molecule has 0 aliphatic heterocycles. The predicted octanol–water partition coefficient (Wildman–Crippen LogP) is 1.47. The molecular formula is C13H19NO3SSi. The highest BCUT2D eigenvalue weighted by Gasteiger charge is 2.49. The Morgan fingerprint density at radius 2 is 1.74 bits per heavy atom. The summed E-state index contributed by atoms with van der Waals surface area (Å²) in [4.78, 5) is 4.69. The Morgan fingerprint density at radius 3 is 2.26 bits per heavy atom. The van der Waals surface area contributed by atoms with Crippen LogP contribution in [-0.2, 0) is 19.4 Å².